The van der Waals surface area contributed by atoms with Crippen LogP contribution in [0.1, 0.15) is 18.4 Å². The molecule has 2 nitrogen and oxygen atoms in total. The maximum atomic E-state index is 12.8. The van der Waals surface area contributed by atoms with Crippen LogP contribution in [0.15, 0.2) is 12.1 Å². The third-order valence-electron chi connectivity index (χ3n) is 1.98. The zero-order valence-electron chi connectivity index (χ0n) is 7.22. The highest BCUT2D eigenvalue weighted by Crippen LogP contribution is 2.28. The molecule has 0 radical (unpaired) electrons. The van der Waals surface area contributed by atoms with E-state index >= 15 is 0 Å². The number of hydrogen-bond acceptors (Lipinski definition) is 2. The molecular formula is C9H11F2NO. The van der Waals surface area contributed by atoms with E-state index in [9.17, 15) is 13.9 Å². The first kappa shape index (κ1) is 9.92. The largest absolute Gasteiger partial charge is 0.505 e. The van der Waals surface area contributed by atoms with Crippen LogP contribution in [0.4, 0.5) is 8.78 Å². The highest BCUT2D eigenvalue weighted by Gasteiger charge is 2.15. The van der Waals surface area contributed by atoms with Crippen molar-refractivity contribution in [2.45, 2.75) is 12.8 Å². The molecule has 72 valence electrons. The maximum absolute atomic E-state index is 12.8. The van der Waals surface area contributed by atoms with Crippen LogP contribution in [-0.4, -0.2) is 11.7 Å². The van der Waals surface area contributed by atoms with Gasteiger partial charge >= 0.3 is 0 Å². The molecule has 0 spiro atoms. The fraction of sp³-hybridized carbons (Fsp3) is 0.333. The number of aromatic hydroxyl groups is 1. The standard InChI is InChI=1S/C9H11F2NO/c1-5(4-12)6-2-3-7(10)8(11)9(6)13/h2-3,5,13H,4,12H2,1H3. The summed E-state index contributed by atoms with van der Waals surface area (Å²) in [6.45, 7) is 2.00. The van der Waals surface area contributed by atoms with Gasteiger partial charge in [0.15, 0.2) is 11.6 Å². The molecule has 3 N–H and O–H groups in total. The second-order valence-corrected chi connectivity index (χ2v) is 2.94. The number of benzene rings is 1. The van der Waals surface area contributed by atoms with Gasteiger partial charge in [-0.15, -0.1) is 0 Å². The lowest BCUT2D eigenvalue weighted by molar-refractivity contribution is 0.398. The molecule has 0 amide bonds. The number of phenolic OH excluding ortho intramolecular Hbond substituents is 1. The van der Waals surface area contributed by atoms with Gasteiger partial charge in [-0.25, -0.2) is 4.39 Å². The van der Waals surface area contributed by atoms with Gasteiger partial charge in [-0.3, -0.25) is 0 Å². The number of phenols is 1. The summed E-state index contributed by atoms with van der Waals surface area (Å²) in [5.41, 5.74) is 5.67. The van der Waals surface area contributed by atoms with Crippen molar-refractivity contribution in [2.75, 3.05) is 6.54 Å². The SMILES string of the molecule is CC(CN)c1ccc(F)c(F)c1O. The van der Waals surface area contributed by atoms with E-state index in [2.05, 4.69) is 0 Å². The Labute approximate surface area is 75.0 Å². The average molecular weight is 187 g/mol. The smallest absolute Gasteiger partial charge is 0.200 e. The minimum absolute atomic E-state index is 0.185. The van der Waals surface area contributed by atoms with E-state index in [4.69, 9.17) is 5.73 Å². The molecule has 1 aromatic rings. The average Bonchev–Trinajstić information content (AvgIpc) is 2.13. The molecule has 0 fully saturated rings. The molecule has 0 aromatic heterocycles. The Morgan fingerprint density at radius 1 is 1.46 bits per heavy atom. The Kier molecular flexibility index (Phi) is 2.83. The summed E-state index contributed by atoms with van der Waals surface area (Å²) >= 11 is 0. The van der Waals surface area contributed by atoms with Gasteiger partial charge in [0.1, 0.15) is 0 Å². The monoisotopic (exact) mass is 187 g/mol. The molecule has 13 heavy (non-hydrogen) atoms. The van der Waals surface area contributed by atoms with Crippen molar-refractivity contribution in [3.63, 3.8) is 0 Å². The molecule has 1 rings (SSSR count). The molecule has 0 aliphatic rings. The number of nitrogens with two attached hydrogens (primary N) is 1. The van der Waals surface area contributed by atoms with Gasteiger partial charge in [0.25, 0.3) is 0 Å². The summed E-state index contributed by atoms with van der Waals surface area (Å²) in [7, 11) is 0. The lowest BCUT2D eigenvalue weighted by Gasteiger charge is -2.11. The van der Waals surface area contributed by atoms with Crippen LogP contribution in [0.2, 0.25) is 0 Å². The Balaban J connectivity index is 3.18. The van der Waals surface area contributed by atoms with Crippen LogP contribution in [0, 0.1) is 11.6 Å². The summed E-state index contributed by atoms with van der Waals surface area (Å²) in [6.07, 6.45) is 0. The van der Waals surface area contributed by atoms with E-state index < -0.39 is 17.4 Å². The van der Waals surface area contributed by atoms with Crippen LogP contribution in [0.3, 0.4) is 0 Å². The van der Waals surface area contributed by atoms with Gasteiger partial charge in [-0.1, -0.05) is 13.0 Å². The van der Waals surface area contributed by atoms with Crippen molar-refractivity contribution in [3.8, 4) is 5.75 Å². The molecule has 0 aliphatic heterocycles. The van der Waals surface area contributed by atoms with E-state index in [0.29, 0.717) is 5.56 Å². The fourth-order valence-electron chi connectivity index (χ4n) is 1.08. The van der Waals surface area contributed by atoms with Crippen LogP contribution in [-0.2, 0) is 0 Å². The summed E-state index contributed by atoms with van der Waals surface area (Å²) in [6, 6.07) is 2.32. The highest BCUT2D eigenvalue weighted by atomic mass is 19.2. The van der Waals surface area contributed by atoms with Crippen LogP contribution in [0.25, 0.3) is 0 Å². The molecule has 0 aliphatic carbocycles. The first-order valence-corrected chi connectivity index (χ1v) is 3.94. The molecular weight excluding hydrogens is 176 g/mol. The van der Waals surface area contributed by atoms with E-state index in [1.807, 2.05) is 0 Å². The zero-order chi connectivity index (χ0) is 10.0. The van der Waals surface area contributed by atoms with Gasteiger partial charge in [0.05, 0.1) is 0 Å². The predicted molar refractivity (Wildman–Crippen MR) is 45.5 cm³/mol. The summed E-state index contributed by atoms with van der Waals surface area (Å²) in [5, 5.41) is 9.21. The minimum Gasteiger partial charge on any atom is -0.505 e. The molecule has 0 saturated heterocycles. The second-order valence-electron chi connectivity index (χ2n) is 2.94. The Hall–Kier alpha value is -1.16. The molecule has 0 heterocycles. The Morgan fingerprint density at radius 3 is 2.62 bits per heavy atom. The van der Waals surface area contributed by atoms with Crippen molar-refractivity contribution in [3.05, 3.63) is 29.3 Å². The molecule has 1 aromatic carbocycles. The number of halogens is 2. The molecule has 0 saturated carbocycles. The van der Waals surface area contributed by atoms with Crippen molar-refractivity contribution < 1.29 is 13.9 Å². The van der Waals surface area contributed by atoms with Crippen LogP contribution >= 0.6 is 0 Å². The Morgan fingerprint density at radius 2 is 2.08 bits per heavy atom. The van der Waals surface area contributed by atoms with Crippen molar-refractivity contribution in [2.24, 2.45) is 5.73 Å². The lowest BCUT2D eigenvalue weighted by atomic mass is 10.00. The topological polar surface area (TPSA) is 46.2 Å². The first-order chi connectivity index (χ1) is 6.07. The van der Waals surface area contributed by atoms with Gasteiger partial charge in [0.2, 0.25) is 5.82 Å². The molecule has 1 unspecified atom stereocenters. The van der Waals surface area contributed by atoms with Gasteiger partial charge in [0, 0.05) is 5.56 Å². The summed E-state index contributed by atoms with van der Waals surface area (Å²) in [4.78, 5) is 0. The first-order valence-electron chi connectivity index (χ1n) is 3.94. The summed E-state index contributed by atoms with van der Waals surface area (Å²) in [5.74, 6) is -3.09. The normalized spacial score (nSPS) is 12.9. The predicted octanol–water partition coefficient (Wildman–Crippen LogP) is 1.73. The Bertz CT molecular complexity index is 315. The lowest BCUT2D eigenvalue weighted by Crippen LogP contribution is -2.09. The molecule has 4 heteroatoms. The minimum atomic E-state index is -1.21. The zero-order valence-corrected chi connectivity index (χ0v) is 7.22. The van der Waals surface area contributed by atoms with Crippen molar-refractivity contribution >= 4 is 0 Å². The van der Waals surface area contributed by atoms with Crippen molar-refractivity contribution in [1.82, 2.24) is 0 Å². The third kappa shape index (κ3) is 1.78. The van der Waals surface area contributed by atoms with Gasteiger partial charge in [-0.05, 0) is 18.5 Å². The van der Waals surface area contributed by atoms with Crippen LogP contribution < -0.4 is 5.73 Å². The van der Waals surface area contributed by atoms with E-state index in [-0.39, 0.29) is 12.5 Å². The number of rotatable bonds is 2. The second kappa shape index (κ2) is 3.70. The summed E-state index contributed by atoms with van der Waals surface area (Å²) < 4.78 is 25.4. The van der Waals surface area contributed by atoms with E-state index in [1.54, 1.807) is 6.92 Å². The van der Waals surface area contributed by atoms with E-state index in [0.717, 1.165) is 6.07 Å². The van der Waals surface area contributed by atoms with E-state index in [1.165, 1.54) is 6.07 Å². The highest BCUT2D eigenvalue weighted by molar-refractivity contribution is 5.36. The fourth-order valence-corrected chi connectivity index (χ4v) is 1.08. The third-order valence-corrected chi connectivity index (χ3v) is 1.98. The maximum Gasteiger partial charge on any atom is 0.200 e. The van der Waals surface area contributed by atoms with Gasteiger partial charge in [-0.2, -0.15) is 4.39 Å². The molecule has 0 bridgehead atoms. The number of hydrogen-bond donors (Lipinski definition) is 2. The molecule has 1 atom stereocenters. The van der Waals surface area contributed by atoms with Crippen molar-refractivity contribution in [1.29, 1.82) is 0 Å². The van der Waals surface area contributed by atoms with Gasteiger partial charge < -0.3 is 10.8 Å². The van der Waals surface area contributed by atoms with Crippen LogP contribution in [0.5, 0.6) is 5.75 Å². The quantitative estimate of drug-likeness (QED) is 0.740.